The van der Waals surface area contributed by atoms with Crippen LogP contribution in [0.1, 0.15) is 17.2 Å². The second-order valence-corrected chi connectivity index (χ2v) is 5.06. The molecule has 0 aliphatic carbocycles. The molecule has 2 aromatic rings. The Morgan fingerprint density at radius 3 is 2.48 bits per heavy atom. The van der Waals surface area contributed by atoms with Crippen molar-refractivity contribution in [1.29, 1.82) is 0 Å². The zero-order valence-electron chi connectivity index (χ0n) is 11.5. The smallest absolute Gasteiger partial charge is 0.330 e. The van der Waals surface area contributed by atoms with Crippen molar-refractivity contribution in [3.8, 4) is 0 Å². The van der Waals surface area contributed by atoms with Crippen molar-refractivity contribution in [2.45, 2.75) is 13.0 Å². The minimum absolute atomic E-state index is 0.275. The highest BCUT2D eigenvalue weighted by Gasteiger charge is 2.20. The van der Waals surface area contributed by atoms with Crippen LogP contribution in [0.25, 0.3) is 0 Å². The summed E-state index contributed by atoms with van der Waals surface area (Å²) in [6.07, 6.45) is 0. The predicted molar refractivity (Wildman–Crippen MR) is 87.4 cm³/mol. The summed E-state index contributed by atoms with van der Waals surface area (Å²) in [5.41, 5.74) is 2.57. The molecule has 0 saturated carbocycles. The number of carboxylic acid groups (broad SMARTS) is 1. The number of rotatable bonds is 4. The molecule has 0 saturated heterocycles. The van der Waals surface area contributed by atoms with E-state index in [9.17, 15) is 9.90 Å². The molecule has 2 rings (SSSR count). The Morgan fingerprint density at radius 2 is 1.86 bits per heavy atom. The minimum Gasteiger partial charge on any atom is -0.479 e. The summed E-state index contributed by atoms with van der Waals surface area (Å²) in [5, 5.41) is 15.4. The van der Waals surface area contributed by atoms with Crippen molar-refractivity contribution >= 4 is 29.0 Å². The SMILES string of the molecule is Cc1cccc(NC(=S)N[C@@H](C(=O)O)c2ccccc2)c1. The van der Waals surface area contributed by atoms with Crippen LogP contribution in [-0.2, 0) is 4.79 Å². The van der Waals surface area contributed by atoms with Crippen molar-refractivity contribution in [1.82, 2.24) is 5.32 Å². The van der Waals surface area contributed by atoms with Crippen LogP contribution in [0.4, 0.5) is 5.69 Å². The second-order valence-electron chi connectivity index (χ2n) is 4.65. The van der Waals surface area contributed by atoms with Gasteiger partial charge in [0.15, 0.2) is 11.2 Å². The maximum absolute atomic E-state index is 11.4. The van der Waals surface area contributed by atoms with Crippen molar-refractivity contribution in [3.05, 3.63) is 65.7 Å². The van der Waals surface area contributed by atoms with Gasteiger partial charge in [-0.2, -0.15) is 0 Å². The average Bonchev–Trinajstić information content (AvgIpc) is 2.45. The minimum atomic E-state index is -0.977. The molecule has 0 spiro atoms. The first-order chi connectivity index (χ1) is 10.1. The van der Waals surface area contributed by atoms with Crippen molar-refractivity contribution in [2.75, 3.05) is 5.32 Å². The largest absolute Gasteiger partial charge is 0.479 e. The topological polar surface area (TPSA) is 61.4 Å². The number of benzene rings is 2. The van der Waals surface area contributed by atoms with Crippen molar-refractivity contribution in [2.24, 2.45) is 0 Å². The van der Waals surface area contributed by atoms with E-state index in [1.54, 1.807) is 24.3 Å². The van der Waals surface area contributed by atoms with Gasteiger partial charge in [0.1, 0.15) is 0 Å². The summed E-state index contributed by atoms with van der Waals surface area (Å²) >= 11 is 5.19. The van der Waals surface area contributed by atoms with E-state index in [1.165, 1.54) is 0 Å². The molecule has 108 valence electrons. The Kier molecular flexibility index (Phi) is 4.90. The van der Waals surface area contributed by atoms with E-state index in [0.29, 0.717) is 5.56 Å². The van der Waals surface area contributed by atoms with Gasteiger partial charge in [-0.3, -0.25) is 0 Å². The molecular formula is C16H16N2O2S. The Balaban J connectivity index is 2.07. The number of hydrogen-bond donors (Lipinski definition) is 3. The number of carboxylic acids is 1. The van der Waals surface area contributed by atoms with Gasteiger partial charge in [0.2, 0.25) is 0 Å². The van der Waals surface area contributed by atoms with Gasteiger partial charge in [-0.05, 0) is 42.4 Å². The number of hydrogen-bond acceptors (Lipinski definition) is 2. The van der Waals surface area contributed by atoms with Crippen LogP contribution in [0.5, 0.6) is 0 Å². The molecule has 0 aromatic heterocycles. The average molecular weight is 300 g/mol. The molecule has 0 aliphatic rings. The van der Waals surface area contributed by atoms with E-state index in [1.807, 2.05) is 37.3 Å². The van der Waals surface area contributed by atoms with Gasteiger partial charge in [0, 0.05) is 5.69 Å². The first kappa shape index (κ1) is 15.0. The number of thiocarbonyl (C=S) groups is 1. The molecule has 4 nitrogen and oxygen atoms in total. The fourth-order valence-electron chi connectivity index (χ4n) is 1.95. The third-order valence-corrected chi connectivity index (χ3v) is 3.15. The van der Waals surface area contributed by atoms with Crippen LogP contribution in [0.3, 0.4) is 0 Å². The van der Waals surface area contributed by atoms with Crippen LogP contribution in [0.15, 0.2) is 54.6 Å². The number of anilines is 1. The summed E-state index contributed by atoms with van der Waals surface area (Å²) in [6, 6.07) is 15.8. The van der Waals surface area contributed by atoms with Crippen molar-refractivity contribution < 1.29 is 9.90 Å². The molecule has 0 radical (unpaired) electrons. The fraction of sp³-hybridized carbons (Fsp3) is 0.125. The molecule has 0 unspecified atom stereocenters. The molecule has 0 heterocycles. The van der Waals surface area contributed by atoms with Gasteiger partial charge in [-0.1, -0.05) is 42.5 Å². The molecule has 1 atom stereocenters. The molecule has 0 bridgehead atoms. The molecular weight excluding hydrogens is 284 g/mol. The van der Waals surface area contributed by atoms with E-state index < -0.39 is 12.0 Å². The Morgan fingerprint density at radius 1 is 1.14 bits per heavy atom. The van der Waals surface area contributed by atoms with Crippen LogP contribution >= 0.6 is 12.2 Å². The lowest BCUT2D eigenvalue weighted by molar-refractivity contribution is -0.139. The second kappa shape index (κ2) is 6.85. The lowest BCUT2D eigenvalue weighted by Gasteiger charge is -2.17. The first-order valence-corrected chi connectivity index (χ1v) is 6.89. The monoisotopic (exact) mass is 300 g/mol. The predicted octanol–water partition coefficient (Wildman–Crippen LogP) is 3.11. The standard InChI is InChI=1S/C16H16N2O2S/c1-11-6-5-9-13(10-11)17-16(21)18-14(15(19)20)12-7-3-2-4-8-12/h2-10,14H,1H3,(H,19,20)(H2,17,18,21)/t14-/m1/s1. The zero-order chi connectivity index (χ0) is 15.2. The summed E-state index contributed by atoms with van der Waals surface area (Å²) in [5.74, 6) is -0.977. The molecule has 0 fully saturated rings. The lowest BCUT2D eigenvalue weighted by Crippen LogP contribution is -2.36. The van der Waals surface area contributed by atoms with E-state index >= 15 is 0 Å². The van der Waals surface area contributed by atoms with Crippen LogP contribution in [-0.4, -0.2) is 16.2 Å². The number of aliphatic carboxylic acids is 1. The van der Waals surface area contributed by atoms with Crippen LogP contribution < -0.4 is 10.6 Å². The zero-order valence-corrected chi connectivity index (χ0v) is 12.4. The van der Waals surface area contributed by atoms with E-state index in [2.05, 4.69) is 10.6 Å². The molecule has 21 heavy (non-hydrogen) atoms. The lowest BCUT2D eigenvalue weighted by atomic mass is 10.1. The van der Waals surface area contributed by atoms with Gasteiger partial charge in [-0.25, -0.2) is 4.79 Å². The Hall–Kier alpha value is -2.40. The molecule has 0 aliphatic heterocycles. The normalized spacial score (nSPS) is 11.5. The highest BCUT2D eigenvalue weighted by Crippen LogP contribution is 2.14. The van der Waals surface area contributed by atoms with Gasteiger partial charge in [-0.15, -0.1) is 0 Å². The van der Waals surface area contributed by atoms with Crippen LogP contribution in [0.2, 0.25) is 0 Å². The molecule has 2 aromatic carbocycles. The van der Waals surface area contributed by atoms with Crippen LogP contribution in [0, 0.1) is 6.92 Å². The number of carbonyl (C=O) groups is 1. The first-order valence-electron chi connectivity index (χ1n) is 6.48. The maximum Gasteiger partial charge on any atom is 0.330 e. The number of nitrogens with one attached hydrogen (secondary N) is 2. The summed E-state index contributed by atoms with van der Waals surface area (Å²) < 4.78 is 0. The van der Waals surface area contributed by atoms with Gasteiger partial charge >= 0.3 is 5.97 Å². The van der Waals surface area contributed by atoms with E-state index in [4.69, 9.17) is 12.2 Å². The van der Waals surface area contributed by atoms with Gasteiger partial charge in [0.05, 0.1) is 0 Å². The Bertz CT molecular complexity index is 644. The van der Waals surface area contributed by atoms with E-state index in [-0.39, 0.29) is 5.11 Å². The maximum atomic E-state index is 11.4. The summed E-state index contributed by atoms with van der Waals surface area (Å²) in [7, 11) is 0. The third-order valence-electron chi connectivity index (χ3n) is 2.93. The highest BCUT2D eigenvalue weighted by molar-refractivity contribution is 7.80. The molecule has 0 amide bonds. The summed E-state index contributed by atoms with van der Waals surface area (Å²) in [4.78, 5) is 11.4. The Labute approximate surface area is 128 Å². The van der Waals surface area contributed by atoms with E-state index in [0.717, 1.165) is 11.3 Å². The molecule has 3 N–H and O–H groups in total. The van der Waals surface area contributed by atoms with Crippen molar-refractivity contribution in [3.63, 3.8) is 0 Å². The van der Waals surface area contributed by atoms with Gasteiger partial charge in [0.25, 0.3) is 0 Å². The van der Waals surface area contributed by atoms with Gasteiger partial charge < -0.3 is 15.7 Å². The third kappa shape index (κ3) is 4.29. The molecule has 5 heteroatoms. The number of aryl methyl sites for hydroxylation is 1. The quantitative estimate of drug-likeness (QED) is 0.757. The highest BCUT2D eigenvalue weighted by atomic mass is 32.1. The summed E-state index contributed by atoms with van der Waals surface area (Å²) in [6.45, 7) is 1.98. The fourth-order valence-corrected chi connectivity index (χ4v) is 2.19.